The van der Waals surface area contributed by atoms with Gasteiger partial charge in [-0.05, 0) is 79.6 Å². The average Bonchev–Trinajstić information content (AvgIpc) is 3.33. The number of hydrogen-bond acceptors (Lipinski definition) is 5. The van der Waals surface area contributed by atoms with Crippen molar-refractivity contribution in [3.63, 3.8) is 0 Å². The number of benzene rings is 1. The lowest BCUT2D eigenvalue weighted by molar-refractivity contribution is -0.132. The molecule has 0 unspecified atom stereocenters. The molecule has 5 heterocycles. The zero-order valence-corrected chi connectivity index (χ0v) is 21.0. The Hall–Kier alpha value is -3.38. The van der Waals surface area contributed by atoms with Crippen LogP contribution >= 0.6 is 0 Å². The van der Waals surface area contributed by atoms with Crippen molar-refractivity contribution < 1.29 is 4.79 Å². The molecule has 3 aliphatic rings. The zero-order chi connectivity index (χ0) is 24.5. The highest BCUT2D eigenvalue weighted by Gasteiger charge is 2.31. The number of amides is 1. The van der Waals surface area contributed by atoms with Crippen molar-refractivity contribution in [1.29, 1.82) is 0 Å². The quantitative estimate of drug-likeness (QED) is 0.538. The van der Waals surface area contributed by atoms with E-state index in [0.29, 0.717) is 24.8 Å². The second-order valence-electron chi connectivity index (χ2n) is 10.4. The van der Waals surface area contributed by atoms with E-state index in [1.54, 1.807) is 0 Å². The number of likely N-dealkylation sites (tertiary alicyclic amines) is 1. The van der Waals surface area contributed by atoms with E-state index in [0.717, 1.165) is 74.5 Å². The Labute approximate surface area is 212 Å². The molecule has 3 aromatic rings. The molecule has 1 saturated heterocycles. The Morgan fingerprint density at radius 1 is 1.08 bits per heavy atom. The number of aliphatic imine (C=N–C) groups is 1. The van der Waals surface area contributed by atoms with Crippen LogP contribution in [0.25, 0.3) is 10.9 Å². The molecule has 1 amide bonds. The number of carbonyl (C=O) groups excluding carboxylic acids is 1. The summed E-state index contributed by atoms with van der Waals surface area (Å²) in [6.07, 6.45) is 7.61. The second-order valence-corrected chi connectivity index (χ2v) is 10.4. The van der Waals surface area contributed by atoms with Crippen molar-refractivity contribution in [2.45, 2.75) is 39.2 Å². The molecule has 6 nitrogen and oxygen atoms in total. The molecule has 1 atom stereocenters. The topological polar surface area (TPSA) is 61.7 Å². The summed E-state index contributed by atoms with van der Waals surface area (Å²) in [7, 11) is 0. The lowest BCUT2D eigenvalue weighted by atomic mass is 9.92. The Morgan fingerprint density at radius 3 is 2.89 bits per heavy atom. The number of pyridine rings is 2. The second kappa shape index (κ2) is 9.94. The lowest BCUT2D eigenvalue weighted by Gasteiger charge is -2.35. The molecule has 0 saturated carbocycles. The first-order valence-electron chi connectivity index (χ1n) is 13.2. The van der Waals surface area contributed by atoms with E-state index < -0.39 is 0 Å². The van der Waals surface area contributed by atoms with Crippen LogP contribution in [0.2, 0.25) is 0 Å². The van der Waals surface area contributed by atoms with Gasteiger partial charge in [-0.1, -0.05) is 18.2 Å². The van der Waals surface area contributed by atoms with E-state index in [4.69, 9.17) is 4.99 Å². The fraction of sp³-hybridized carbons (Fsp3) is 0.400. The molecule has 1 aromatic carbocycles. The van der Waals surface area contributed by atoms with E-state index in [2.05, 4.69) is 50.1 Å². The maximum absolute atomic E-state index is 13.4. The Bertz CT molecular complexity index is 1350. The molecule has 36 heavy (non-hydrogen) atoms. The minimum atomic E-state index is 0.292. The number of rotatable bonds is 5. The molecule has 0 bridgehead atoms. The fourth-order valence-corrected chi connectivity index (χ4v) is 6.03. The number of aromatic nitrogens is 2. The van der Waals surface area contributed by atoms with Crippen LogP contribution in [0.15, 0.2) is 71.0 Å². The van der Waals surface area contributed by atoms with Gasteiger partial charge in [-0.25, -0.2) is 0 Å². The average molecular weight is 480 g/mol. The SMILES string of the molecule is Cc1cc(C2=NCC3=C2CN(C(=O)C[C@@H]2CCCN(Cc4ccnc5ccccc45)C2)CC3)ccn1. The van der Waals surface area contributed by atoms with Gasteiger partial charge in [-0.3, -0.25) is 24.7 Å². The van der Waals surface area contributed by atoms with Crippen molar-refractivity contribution in [3.8, 4) is 0 Å². The predicted octanol–water partition coefficient (Wildman–Crippen LogP) is 4.57. The molecule has 6 heteroatoms. The van der Waals surface area contributed by atoms with E-state index in [1.807, 2.05) is 31.5 Å². The summed E-state index contributed by atoms with van der Waals surface area (Å²) >= 11 is 0. The minimum absolute atomic E-state index is 0.292. The first-order chi connectivity index (χ1) is 17.6. The van der Waals surface area contributed by atoms with Gasteiger partial charge in [-0.15, -0.1) is 0 Å². The summed E-state index contributed by atoms with van der Waals surface area (Å²) in [5.74, 6) is 0.703. The predicted molar refractivity (Wildman–Crippen MR) is 143 cm³/mol. The highest BCUT2D eigenvalue weighted by molar-refractivity contribution is 6.15. The molecule has 0 radical (unpaired) electrons. The first kappa shape index (κ1) is 23.0. The van der Waals surface area contributed by atoms with Gasteiger partial charge in [0.1, 0.15) is 0 Å². The third-order valence-corrected chi connectivity index (χ3v) is 7.90. The van der Waals surface area contributed by atoms with Crippen molar-refractivity contribution in [3.05, 3.63) is 82.8 Å². The lowest BCUT2D eigenvalue weighted by Crippen LogP contribution is -2.41. The van der Waals surface area contributed by atoms with Crippen LogP contribution in [0.3, 0.4) is 0 Å². The van der Waals surface area contributed by atoms with Crippen LogP contribution in [0.1, 0.15) is 42.5 Å². The smallest absolute Gasteiger partial charge is 0.223 e. The van der Waals surface area contributed by atoms with Gasteiger partial charge in [0.2, 0.25) is 5.91 Å². The highest BCUT2D eigenvalue weighted by Crippen LogP contribution is 2.30. The molecule has 0 aliphatic carbocycles. The summed E-state index contributed by atoms with van der Waals surface area (Å²) in [6.45, 7) is 7.27. The monoisotopic (exact) mass is 479 g/mol. The summed E-state index contributed by atoms with van der Waals surface area (Å²) in [4.78, 5) is 31.7. The summed E-state index contributed by atoms with van der Waals surface area (Å²) in [6, 6.07) is 14.6. The Morgan fingerprint density at radius 2 is 1.97 bits per heavy atom. The van der Waals surface area contributed by atoms with Gasteiger partial charge < -0.3 is 4.90 Å². The molecule has 0 N–H and O–H groups in total. The van der Waals surface area contributed by atoms with Crippen LogP contribution in [0, 0.1) is 12.8 Å². The Kier molecular flexibility index (Phi) is 6.36. The maximum atomic E-state index is 13.4. The number of fused-ring (bicyclic) bond motifs is 1. The molecule has 3 aliphatic heterocycles. The van der Waals surface area contributed by atoms with Gasteiger partial charge in [0.15, 0.2) is 0 Å². The summed E-state index contributed by atoms with van der Waals surface area (Å²) in [5, 5.41) is 1.23. The van der Waals surface area contributed by atoms with Gasteiger partial charge in [0.25, 0.3) is 0 Å². The number of piperidine rings is 1. The molecule has 184 valence electrons. The third-order valence-electron chi connectivity index (χ3n) is 7.90. The molecule has 6 rings (SSSR count). The van der Waals surface area contributed by atoms with Gasteiger partial charge in [0.05, 0.1) is 17.8 Å². The van der Waals surface area contributed by atoms with Crippen molar-refractivity contribution in [2.24, 2.45) is 10.9 Å². The molecule has 0 spiro atoms. The van der Waals surface area contributed by atoms with Crippen LogP contribution in [-0.2, 0) is 11.3 Å². The number of para-hydroxylation sites is 1. The standard InChI is InChI=1S/C30H33N5O/c1-21-15-23(8-11-31-21)30-27-20-35(14-10-24(27)17-33-30)29(36)16-22-5-4-13-34(18-22)19-25-9-12-32-28-7-3-2-6-26(25)28/h2-3,6-9,11-12,15,22H,4-5,10,13-14,16-20H2,1H3/t22-/m0/s1. The molecule has 2 aromatic heterocycles. The number of nitrogens with zero attached hydrogens (tertiary/aromatic N) is 5. The fourth-order valence-electron chi connectivity index (χ4n) is 6.03. The first-order valence-corrected chi connectivity index (χ1v) is 13.2. The molecular weight excluding hydrogens is 446 g/mol. The summed E-state index contributed by atoms with van der Waals surface area (Å²) < 4.78 is 0. The van der Waals surface area contributed by atoms with Crippen LogP contribution in [-0.4, -0.2) is 64.1 Å². The van der Waals surface area contributed by atoms with Crippen molar-refractivity contribution in [1.82, 2.24) is 19.8 Å². The van der Waals surface area contributed by atoms with Gasteiger partial charge >= 0.3 is 0 Å². The van der Waals surface area contributed by atoms with E-state index >= 15 is 0 Å². The number of aryl methyl sites for hydroxylation is 1. The maximum Gasteiger partial charge on any atom is 0.223 e. The van der Waals surface area contributed by atoms with Crippen LogP contribution < -0.4 is 0 Å². The number of carbonyl (C=O) groups is 1. The van der Waals surface area contributed by atoms with Gasteiger partial charge in [-0.2, -0.15) is 0 Å². The largest absolute Gasteiger partial charge is 0.338 e. The zero-order valence-electron chi connectivity index (χ0n) is 21.0. The van der Waals surface area contributed by atoms with E-state index in [-0.39, 0.29) is 0 Å². The highest BCUT2D eigenvalue weighted by atomic mass is 16.2. The minimum Gasteiger partial charge on any atom is -0.338 e. The van der Waals surface area contributed by atoms with Crippen molar-refractivity contribution >= 4 is 22.5 Å². The molecular formula is C30H33N5O. The van der Waals surface area contributed by atoms with Gasteiger partial charge in [0, 0.05) is 61.6 Å². The molecule has 1 fully saturated rings. The normalized spacial score (nSPS) is 20.5. The van der Waals surface area contributed by atoms with E-state index in [9.17, 15) is 4.79 Å². The Balaban J connectivity index is 1.09. The third kappa shape index (κ3) is 4.70. The van der Waals surface area contributed by atoms with Crippen LogP contribution in [0.4, 0.5) is 0 Å². The van der Waals surface area contributed by atoms with Crippen molar-refractivity contribution in [2.75, 3.05) is 32.7 Å². The van der Waals surface area contributed by atoms with Crippen LogP contribution in [0.5, 0.6) is 0 Å². The number of hydrogen-bond donors (Lipinski definition) is 0. The summed E-state index contributed by atoms with van der Waals surface area (Å²) in [5.41, 5.74) is 8.20. The van der Waals surface area contributed by atoms with E-state index in [1.165, 1.54) is 22.1 Å².